The SMILES string of the molecule is Cc1noc(C)c1S(=O)(=O)N1CCCN(C(=O)c2cc([N+](=O)[O-])ccc2N2CCCC2)CC1. The fourth-order valence-corrected chi connectivity index (χ4v) is 6.28. The minimum absolute atomic E-state index is 0.0669. The average molecular weight is 478 g/mol. The van der Waals surface area contributed by atoms with Gasteiger partial charge >= 0.3 is 0 Å². The Hall–Kier alpha value is -2.99. The van der Waals surface area contributed by atoms with Gasteiger partial charge in [-0.2, -0.15) is 4.31 Å². The van der Waals surface area contributed by atoms with E-state index in [9.17, 15) is 23.3 Å². The van der Waals surface area contributed by atoms with Crippen molar-refractivity contribution in [2.45, 2.75) is 38.0 Å². The van der Waals surface area contributed by atoms with Gasteiger partial charge in [0.05, 0.1) is 16.2 Å². The first-order valence-corrected chi connectivity index (χ1v) is 12.4. The molecule has 0 bridgehead atoms. The number of non-ortho nitro benzene ring substituents is 1. The fourth-order valence-electron chi connectivity index (χ4n) is 4.52. The first-order chi connectivity index (χ1) is 15.7. The summed E-state index contributed by atoms with van der Waals surface area (Å²) in [6.07, 6.45) is 2.45. The molecule has 0 atom stereocenters. The Bertz CT molecular complexity index is 1150. The molecule has 0 aliphatic carbocycles. The third-order valence-electron chi connectivity index (χ3n) is 6.18. The number of benzene rings is 1. The molecular weight excluding hydrogens is 450 g/mol. The largest absolute Gasteiger partial charge is 0.371 e. The van der Waals surface area contributed by atoms with Crippen LogP contribution in [0.3, 0.4) is 0 Å². The average Bonchev–Trinajstić information content (AvgIpc) is 3.35. The van der Waals surface area contributed by atoms with E-state index in [2.05, 4.69) is 10.1 Å². The number of carbonyl (C=O) groups is 1. The van der Waals surface area contributed by atoms with Gasteiger partial charge in [0, 0.05) is 51.4 Å². The van der Waals surface area contributed by atoms with Crippen molar-refractivity contribution < 1.29 is 22.7 Å². The van der Waals surface area contributed by atoms with E-state index in [1.807, 2.05) is 0 Å². The molecule has 0 spiro atoms. The number of nitro groups is 1. The van der Waals surface area contributed by atoms with Crippen molar-refractivity contribution in [2.75, 3.05) is 44.2 Å². The van der Waals surface area contributed by atoms with Crippen LogP contribution in [0, 0.1) is 24.0 Å². The molecular formula is C21H27N5O6S. The number of rotatable bonds is 5. The highest BCUT2D eigenvalue weighted by molar-refractivity contribution is 7.89. The minimum Gasteiger partial charge on any atom is -0.371 e. The van der Waals surface area contributed by atoms with Gasteiger partial charge in [-0.15, -0.1) is 0 Å². The highest BCUT2D eigenvalue weighted by Crippen LogP contribution is 2.30. The van der Waals surface area contributed by atoms with Gasteiger partial charge in [-0.3, -0.25) is 14.9 Å². The predicted molar refractivity (Wildman–Crippen MR) is 120 cm³/mol. The fraction of sp³-hybridized carbons (Fsp3) is 0.524. The number of nitro benzene ring substituents is 1. The number of hydrogen-bond donors (Lipinski definition) is 0. The van der Waals surface area contributed by atoms with Gasteiger partial charge in [0.15, 0.2) is 5.76 Å². The van der Waals surface area contributed by atoms with Crippen LogP contribution in [0.5, 0.6) is 0 Å². The van der Waals surface area contributed by atoms with Crippen LogP contribution in [0.4, 0.5) is 11.4 Å². The first kappa shape index (κ1) is 23.2. The molecule has 4 rings (SSSR count). The lowest BCUT2D eigenvalue weighted by Crippen LogP contribution is -2.38. The van der Waals surface area contributed by atoms with Crippen molar-refractivity contribution in [3.05, 3.63) is 45.3 Å². The van der Waals surface area contributed by atoms with Gasteiger partial charge in [0.2, 0.25) is 10.0 Å². The molecule has 0 unspecified atom stereocenters. The maximum Gasteiger partial charge on any atom is 0.270 e. The van der Waals surface area contributed by atoms with Crippen molar-refractivity contribution >= 4 is 27.3 Å². The lowest BCUT2D eigenvalue weighted by atomic mass is 10.1. The molecule has 1 aromatic carbocycles. The van der Waals surface area contributed by atoms with E-state index in [1.165, 1.54) is 16.4 Å². The number of amides is 1. The van der Waals surface area contributed by atoms with Crippen LogP contribution >= 0.6 is 0 Å². The minimum atomic E-state index is -3.81. The monoisotopic (exact) mass is 477 g/mol. The number of carbonyl (C=O) groups excluding carboxylic acids is 1. The summed E-state index contributed by atoms with van der Waals surface area (Å²) in [4.78, 5) is 28.0. The Morgan fingerprint density at radius 2 is 1.79 bits per heavy atom. The zero-order chi connectivity index (χ0) is 23.8. The third kappa shape index (κ3) is 4.44. The Morgan fingerprint density at radius 3 is 2.42 bits per heavy atom. The number of hydrogen-bond acceptors (Lipinski definition) is 8. The highest BCUT2D eigenvalue weighted by atomic mass is 32.2. The molecule has 2 aliphatic rings. The van der Waals surface area contributed by atoms with E-state index in [4.69, 9.17) is 4.52 Å². The second kappa shape index (κ2) is 9.10. The van der Waals surface area contributed by atoms with E-state index in [1.54, 1.807) is 24.8 Å². The number of nitrogens with zero attached hydrogens (tertiary/aromatic N) is 5. The number of anilines is 1. The van der Waals surface area contributed by atoms with Crippen molar-refractivity contribution in [1.82, 2.24) is 14.4 Å². The predicted octanol–water partition coefficient (Wildman–Crippen LogP) is 2.34. The molecule has 2 aliphatic heterocycles. The van der Waals surface area contributed by atoms with E-state index >= 15 is 0 Å². The number of aromatic nitrogens is 1. The van der Waals surface area contributed by atoms with Crippen molar-refractivity contribution in [1.29, 1.82) is 0 Å². The molecule has 0 N–H and O–H groups in total. The standard InChI is InChI=1S/C21H27N5O6S/c1-15-20(16(2)32-22-15)33(30,31)25-11-5-10-24(12-13-25)21(27)18-14-17(26(28)29)6-7-19(18)23-8-3-4-9-23/h6-7,14H,3-5,8-13H2,1-2H3. The molecule has 12 heteroatoms. The Kier molecular flexibility index (Phi) is 6.39. The van der Waals surface area contributed by atoms with E-state index < -0.39 is 14.9 Å². The maximum atomic E-state index is 13.5. The van der Waals surface area contributed by atoms with E-state index in [0.717, 1.165) is 25.9 Å². The normalized spacial score (nSPS) is 17.9. The number of sulfonamides is 1. The van der Waals surface area contributed by atoms with Gasteiger partial charge in [0.1, 0.15) is 10.6 Å². The van der Waals surface area contributed by atoms with Crippen LogP contribution in [-0.2, 0) is 10.0 Å². The zero-order valence-corrected chi connectivity index (χ0v) is 19.5. The molecule has 2 aromatic rings. The molecule has 2 saturated heterocycles. The van der Waals surface area contributed by atoms with Crippen LogP contribution < -0.4 is 4.90 Å². The lowest BCUT2D eigenvalue weighted by Gasteiger charge is -2.25. The summed E-state index contributed by atoms with van der Waals surface area (Å²) >= 11 is 0. The van der Waals surface area contributed by atoms with Crippen LogP contribution in [0.25, 0.3) is 0 Å². The Labute approximate surface area is 192 Å². The maximum absolute atomic E-state index is 13.5. The molecule has 2 fully saturated rings. The molecule has 0 saturated carbocycles. The van der Waals surface area contributed by atoms with Gasteiger partial charge in [-0.1, -0.05) is 5.16 Å². The molecule has 0 radical (unpaired) electrons. The lowest BCUT2D eigenvalue weighted by molar-refractivity contribution is -0.384. The Balaban J connectivity index is 1.58. The summed E-state index contributed by atoms with van der Waals surface area (Å²) in [5.41, 5.74) is 1.14. The van der Waals surface area contributed by atoms with Gasteiger partial charge in [-0.05, 0) is 39.2 Å². The van der Waals surface area contributed by atoms with Crippen molar-refractivity contribution in [3.8, 4) is 0 Å². The van der Waals surface area contributed by atoms with Gasteiger partial charge in [-0.25, -0.2) is 8.42 Å². The summed E-state index contributed by atoms with van der Waals surface area (Å²) in [5, 5.41) is 15.1. The molecule has 3 heterocycles. The summed E-state index contributed by atoms with van der Waals surface area (Å²) in [7, 11) is -3.81. The molecule has 178 valence electrons. The molecule has 1 aromatic heterocycles. The zero-order valence-electron chi connectivity index (χ0n) is 18.7. The topological polar surface area (TPSA) is 130 Å². The quantitative estimate of drug-likeness (QED) is 0.474. The molecule has 33 heavy (non-hydrogen) atoms. The van der Waals surface area contributed by atoms with Crippen LogP contribution in [-0.4, -0.2) is 72.9 Å². The van der Waals surface area contributed by atoms with Crippen LogP contribution in [0.2, 0.25) is 0 Å². The van der Waals surface area contributed by atoms with Gasteiger partial charge in [0.25, 0.3) is 11.6 Å². The van der Waals surface area contributed by atoms with E-state index in [0.29, 0.717) is 24.3 Å². The summed E-state index contributed by atoms with van der Waals surface area (Å²) in [5.74, 6) is -0.0892. The molecule has 11 nitrogen and oxygen atoms in total. The van der Waals surface area contributed by atoms with E-state index in [-0.39, 0.29) is 47.4 Å². The summed E-state index contributed by atoms with van der Waals surface area (Å²) in [6.45, 7) is 5.64. The first-order valence-electron chi connectivity index (χ1n) is 11.0. The Morgan fingerprint density at radius 1 is 1.06 bits per heavy atom. The summed E-state index contributed by atoms with van der Waals surface area (Å²) in [6, 6.07) is 4.40. The van der Waals surface area contributed by atoms with Gasteiger partial charge < -0.3 is 14.3 Å². The van der Waals surface area contributed by atoms with Crippen molar-refractivity contribution in [3.63, 3.8) is 0 Å². The van der Waals surface area contributed by atoms with Crippen LogP contribution in [0.1, 0.15) is 41.1 Å². The molecule has 1 amide bonds. The smallest absolute Gasteiger partial charge is 0.270 e. The second-order valence-electron chi connectivity index (χ2n) is 8.36. The van der Waals surface area contributed by atoms with Crippen molar-refractivity contribution in [2.24, 2.45) is 0 Å². The highest BCUT2D eigenvalue weighted by Gasteiger charge is 2.34. The summed E-state index contributed by atoms with van der Waals surface area (Å²) < 4.78 is 32.7. The second-order valence-corrected chi connectivity index (χ2v) is 10.2. The van der Waals surface area contributed by atoms with Crippen LogP contribution in [0.15, 0.2) is 27.6 Å². The number of aryl methyl sites for hydroxylation is 2. The third-order valence-corrected chi connectivity index (χ3v) is 8.32.